The molecule has 0 fully saturated rings. The van der Waals surface area contributed by atoms with Crippen molar-refractivity contribution < 1.29 is 24.5 Å². The Labute approximate surface area is 207 Å². The number of aromatic nitrogens is 3. The zero-order chi connectivity index (χ0) is 25.3. The van der Waals surface area contributed by atoms with Crippen LogP contribution in [-0.4, -0.2) is 50.2 Å². The molecule has 10 heteroatoms. The van der Waals surface area contributed by atoms with Crippen LogP contribution in [0.5, 0.6) is 5.75 Å². The van der Waals surface area contributed by atoms with Crippen LogP contribution < -0.4 is 15.0 Å². The third kappa shape index (κ3) is 4.14. The number of anilines is 3. The van der Waals surface area contributed by atoms with E-state index in [-0.39, 0.29) is 19.1 Å². The summed E-state index contributed by atoms with van der Waals surface area (Å²) >= 11 is 0. The van der Waals surface area contributed by atoms with Crippen LogP contribution in [0.2, 0.25) is 0 Å². The van der Waals surface area contributed by atoms with Gasteiger partial charge in [-0.2, -0.15) is 0 Å². The van der Waals surface area contributed by atoms with Gasteiger partial charge in [0.1, 0.15) is 5.75 Å². The molecule has 0 unspecified atom stereocenters. The number of aryl methyl sites for hydroxylation is 1. The number of allylic oxidation sites excluding steroid dienone is 1. The fourth-order valence-corrected chi connectivity index (χ4v) is 4.60. The molecule has 2 aliphatic heterocycles. The molecule has 186 valence electrons. The van der Waals surface area contributed by atoms with Crippen LogP contribution in [0.1, 0.15) is 24.6 Å². The van der Waals surface area contributed by atoms with E-state index in [0.717, 1.165) is 5.69 Å². The first-order valence-corrected chi connectivity index (χ1v) is 11.8. The first-order chi connectivity index (χ1) is 17.4. The van der Waals surface area contributed by atoms with Gasteiger partial charge in [0, 0.05) is 48.6 Å². The SMILES string of the molecule is C[C@@H](/C=C/CCn1cc(CCO)nn1)[C@]1(O)C(=O)Nc2ccc(N3C(=O)COc4ccccc43)cc21. The van der Waals surface area contributed by atoms with Gasteiger partial charge in [-0.1, -0.05) is 36.4 Å². The number of aliphatic hydroxyl groups excluding tert-OH is 1. The highest BCUT2D eigenvalue weighted by Gasteiger charge is 2.49. The number of para-hydroxylation sites is 2. The van der Waals surface area contributed by atoms with Crippen molar-refractivity contribution in [3.05, 3.63) is 72.1 Å². The predicted molar refractivity (Wildman–Crippen MR) is 132 cm³/mol. The Hall–Kier alpha value is -4.02. The minimum Gasteiger partial charge on any atom is -0.482 e. The number of amides is 2. The molecular formula is C26H27N5O5. The summed E-state index contributed by atoms with van der Waals surface area (Å²) in [5.41, 5.74) is 1.02. The topological polar surface area (TPSA) is 130 Å². The van der Waals surface area contributed by atoms with E-state index in [4.69, 9.17) is 9.84 Å². The quantitative estimate of drug-likeness (QED) is 0.414. The van der Waals surface area contributed by atoms with E-state index in [2.05, 4.69) is 15.6 Å². The second kappa shape index (κ2) is 9.56. The number of rotatable bonds is 8. The van der Waals surface area contributed by atoms with Gasteiger partial charge in [0.15, 0.2) is 12.2 Å². The summed E-state index contributed by atoms with van der Waals surface area (Å²) in [5.74, 6) is -0.695. The number of fused-ring (bicyclic) bond motifs is 2. The normalized spacial score (nSPS) is 19.7. The molecule has 0 spiro atoms. The van der Waals surface area contributed by atoms with Gasteiger partial charge in [-0.3, -0.25) is 19.2 Å². The lowest BCUT2D eigenvalue weighted by atomic mass is 9.82. The minimum absolute atomic E-state index is 0.0200. The Morgan fingerprint density at radius 2 is 2.08 bits per heavy atom. The zero-order valence-electron chi connectivity index (χ0n) is 19.8. The molecular weight excluding hydrogens is 462 g/mol. The fraction of sp³-hybridized carbons (Fsp3) is 0.308. The van der Waals surface area contributed by atoms with Crippen molar-refractivity contribution in [3.63, 3.8) is 0 Å². The van der Waals surface area contributed by atoms with E-state index in [9.17, 15) is 14.7 Å². The van der Waals surface area contributed by atoms with E-state index in [1.54, 1.807) is 53.0 Å². The van der Waals surface area contributed by atoms with Crippen LogP contribution >= 0.6 is 0 Å². The van der Waals surface area contributed by atoms with Gasteiger partial charge >= 0.3 is 0 Å². The molecule has 0 saturated carbocycles. The fourth-order valence-electron chi connectivity index (χ4n) is 4.60. The highest BCUT2D eigenvalue weighted by Crippen LogP contribution is 2.45. The standard InChI is InChI=1S/C26H27N5O5/c1-17(6-4-5-12-30-15-18(11-13-32)28-29-30)26(35)20-14-19(9-10-21(20)27-25(26)34)31-22-7-2-3-8-23(22)36-16-24(31)33/h2-4,6-10,14-15,17,32,35H,5,11-13,16H2,1H3,(H,27,34)/b6-4+/t17-,26+/m0/s1. The molecule has 10 nitrogen and oxygen atoms in total. The van der Waals surface area contributed by atoms with Gasteiger partial charge in [-0.05, 0) is 36.8 Å². The molecule has 3 heterocycles. The molecule has 2 aliphatic rings. The molecule has 2 aromatic carbocycles. The van der Waals surface area contributed by atoms with Crippen molar-refractivity contribution in [2.75, 3.05) is 23.4 Å². The Kier molecular flexibility index (Phi) is 6.29. The molecule has 0 radical (unpaired) electrons. The number of nitrogens with zero attached hydrogens (tertiary/aromatic N) is 4. The van der Waals surface area contributed by atoms with Gasteiger partial charge < -0.3 is 20.3 Å². The van der Waals surface area contributed by atoms with Crippen LogP contribution in [0, 0.1) is 5.92 Å². The third-order valence-electron chi connectivity index (χ3n) is 6.54. The molecule has 36 heavy (non-hydrogen) atoms. The summed E-state index contributed by atoms with van der Waals surface area (Å²) in [6.45, 7) is 2.28. The summed E-state index contributed by atoms with van der Waals surface area (Å²) in [6.07, 6.45) is 6.57. The third-order valence-corrected chi connectivity index (χ3v) is 6.54. The average molecular weight is 490 g/mol. The molecule has 0 aliphatic carbocycles. The van der Waals surface area contributed by atoms with Gasteiger partial charge in [0.2, 0.25) is 0 Å². The van der Waals surface area contributed by atoms with Crippen LogP contribution in [0.25, 0.3) is 0 Å². The first-order valence-electron chi connectivity index (χ1n) is 11.8. The lowest BCUT2D eigenvalue weighted by molar-refractivity contribution is -0.137. The Morgan fingerprint density at radius 3 is 2.92 bits per heavy atom. The van der Waals surface area contributed by atoms with E-state index in [0.29, 0.717) is 47.8 Å². The van der Waals surface area contributed by atoms with E-state index >= 15 is 0 Å². The Balaban J connectivity index is 1.37. The van der Waals surface area contributed by atoms with Gasteiger partial charge in [-0.25, -0.2) is 0 Å². The molecule has 0 bridgehead atoms. The van der Waals surface area contributed by atoms with Crippen molar-refractivity contribution in [3.8, 4) is 5.75 Å². The Bertz CT molecular complexity index is 1340. The smallest absolute Gasteiger partial charge is 0.269 e. The number of carbonyl (C=O) groups excluding carboxylic acids is 2. The van der Waals surface area contributed by atoms with Crippen molar-refractivity contribution in [1.82, 2.24) is 15.0 Å². The lowest BCUT2D eigenvalue weighted by Gasteiger charge is -2.31. The van der Waals surface area contributed by atoms with Gasteiger partial charge in [-0.15, -0.1) is 5.10 Å². The highest BCUT2D eigenvalue weighted by atomic mass is 16.5. The van der Waals surface area contributed by atoms with E-state index in [1.165, 1.54) is 0 Å². The summed E-state index contributed by atoms with van der Waals surface area (Å²) in [5, 5.41) is 31.4. The van der Waals surface area contributed by atoms with Gasteiger partial charge in [0.05, 0.1) is 11.4 Å². The highest BCUT2D eigenvalue weighted by molar-refractivity contribution is 6.08. The van der Waals surface area contributed by atoms with Gasteiger partial charge in [0.25, 0.3) is 11.8 Å². The van der Waals surface area contributed by atoms with Crippen LogP contribution in [0.3, 0.4) is 0 Å². The molecule has 1 aromatic heterocycles. The van der Waals surface area contributed by atoms with E-state index < -0.39 is 17.4 Å². The van der Waals surface area contributed by atoms with Crippen molar-refractivity contribution >= 4 is 28.9 Å². The number of aliphatic hydroxyl groups is 2. The number of carbonyl (C=O) groups is 2. The molecule has 2 amide bonds. The van der Waals surface area contributed by atoms with Crippen LogP contribution in [0.4, 0.5) is 17.1 Å². The molecule has 5 rings (SSSR count). The maximum absolute atomic E-state index is 12.9. The van der Waals surface area contributed by atoms with Crippen molar-refractivity contribution in [2.24, 2.45) is 5.92 Å². The number of ether oxygens (including phenoxy) is 1. The molecule has 2 atom stereocenters. The number of hydrogen-bond acceptors (Lipinski definition) is 7. The molecule has 3 aromatic rings. The summed E-state index contributed by atoms with van der Waals surface area (Å²) in [4.78, 5) is 27.2. The Morgan fingerprint density at radius 1 is 1.25 bits per heavy atom. The largest absolute Gasteiger partial charge is 0.482 e. The second-order valence-electron chi connectivity index (χ2n) is 8.89. The van der Waals surface area contributed by atoms with Crippen molar-refractivity contribution in [2.45, 2.75) is 31.9 Å². The average Bonchev–Trinajstić information content (AvgIpc) is 3.43. The van der Waals surface area contributed by atoms with Crippen molar-refractivity contribution in [1.29, 1.82) is 0 Å². The van der Waals surface area contributed by atoms with E-state index in [1.807, 2.05) is 24.3 Å². The minimum atomic E-state index is -1.79. The maximum atomic E-state index is 12.9. The first kappa shape index (κ1) is 23.7. The number of benzene rings is 2. The van der Waals surface area contributed by atoms with Crippen LogP contribution in [0.15, 0.2) is 60.8 Å². The summed E-state index contributed by atoms with van der Waals surface area (Å²) < 4.78 is 7.23. The molecule has 3 N–H and O–H groups in total. The lowest BCUT2D eigenvalue weighted by Crippen LogP contribution is -2.40. The van der Waals surface area contributed by atoms with Crippen LogP contribution in [-0.2, 0) is 28.2 Å². The molecule has 0 saturated heterocycles. The predicted octanol–water partition coefficient (Wildman–Crippen LogP) is 2.29. The summed E-state index contributed by atoms with van der Waals surface area (Å²) in [6, 6.07) is 12.4. The number of nitrogens with one attached hydrogen (secondary N) is 1. The maximum Gasteiger partial charge on any atom is 0.269 e. The summed E-state index contributed by atoms with van der Waals surface area (Å²) in [7, 11) is 0. The number of hydrogen-bond donors (Lipinski definition) is 3. The second-order valence-corrected chi connectivity index (χ2v) is 8.89. The zero-order valence-corrected chi connectivity index (χ0v) is 19.8. The monoisotopic (exact) mass is 489 g/mol.